The van der Waals surface area contributed by atoms with Crippen molar-refractivity contribution in [1.29, 1.82) is 0 Å². The lowest BCUT2D eigenvalue weighted by Crippen LogP contribution is -2.36. The minimum absolute atomic E-state index is 0.126. The first-order valence-corrected chi connectivity index (χ1v) is 9.16. The van der Waals surface area contributed by atoms with Crippen LogP contribution in [0.4, 0.5) is 5.82 Å². The predicted octanol–water partition coefficient (Wildman–Crippen LogP) is 3.15. The molecule has 5 nitrogen and oxygen atoms in total. The van der Waals surface area contributed by atoms with Gasteiger partial charge >= 0.3 is 0 Å². The fourth-order valence-corrected chi connectivity index (χ4v) is 3.79. The molecule has 3 rings (SSSR count). The highest BCUT2D eigenvalue weighted by atomic mass is 16.2. The summed E-state index contributed by atoms with van der Waals surface area (Å²) in [5.41, 5.74) is 4.80. The van der Waals surface area contributed by atoms with E-state index in [9.17, 15) is 4.79 Å². The van der Waals surface area contributed by atoms with Crippen LogP contribution in [-0.4, -0.2) is 40.2 Å². The first-order chi connectivity index (χ1) is 12.5. The molecule has 5 heteroatoms. The zero-order valence-corrected chi connectivity index (χ0v) is 16.2. The molecular formula is C21H28N4O. The first kappa shape index (κ1) is 18.2. The normalized spacial score (nSPS) is 19.8. The third-order valence-corrected chi connectivity index (χ3v) is 5.44. The third-order valence-electron chi connectivity index (χ3n) is 5.44. The van der Waals surface area contributed by atoms with Crippen LogP contribution in [0.2, 0.25) is 0 Å². The average molecular weight is 352 g/mol. The molecule has 0 aromatic carbocycles. The Hall–Kier alpha value is -2.56. The zero-order chi connectivity index (χ0) is 18.8. The van der Waals surface area contributed by atoms with Crippen LogP contribution < -0.4 is 4.90 Å². The number of amides is 1. The Morgan fingerprint density at radius 1 is 1.46 bits per heavy atom. The predicted molar refractivity (Wildman–Crippen MR) is 106 cm³/mol. The van der Waals surface area contributed by atoms with Crippen molar-refractivity contribution in [3.8, 4) is 0 Å². The molecule has 1 aromatic rings. The Morgan fingerprint density at radius 2 is 2.23 bits per heavy atom. The number of likely N-dealkylation sites (N-methyl/N-ethyl adjacent to an activating group) is 1. The Morgan fingerprint density at radius 3 is 2.81 bits per heavy atom. The molecule has 0 fully saturated rings. The number of hydrogen-bond acceptors (Lipinski definition) is 3. The number of fused-ring (bicyclic) bond motifs is 1. The molecule has 2 aliphatic rings. The van der Waals surface area contributed by atoms with Gasteiger partial charge in [-0.15, -0.1) is 0 Å². The van der Waals surface area contributed by atoms with Gasteiger partial charge in [0, 0.05) is 45.2 Å². The number of aryl methyl sites for hydroxylation is 1. The molecule has 0 saturated heterocycles. The molecule has 1 atom stereocenters. The van der Waals surface area contributed by atoms with Crippen molar-refractivity contribution in [1.82, 2.24) is 14.7 Å². The Balaban J connectivity index is 1.82. The van der Waals surface area contributed by atoms with Gasteiger partial charge in [0.1, 0.15) is 0 Å². The molecule has 0 bridgehead atoms. The number of carbonyl (C=O) groups excluding carboxylic acids is 1. The molecule has 26 heavy (non-hydrogen) atoms. The maximum atomic E-state index is 11.8. The number of nitrogens with zero attached hydrogens (tertiary/aromatic N) is 4. The fourth-order valence-electron chi connectivity index (χ4n) is 3.79. The number of anilines is 1. The number of carbonyl (C=O) groups is 1. The molecule has 1 unspecified atom stereocenters. The average Bonchev–Trinajstić information content (AvgIpc) is 2.99. The van der Waals surface area contributed by atoms with Crippen molar-refractivity contribution in [2.75, 3.05) is 18.5 Å². The van der Waals surface area contributed by atoms with Crippen molar-refractivity contribution in [3.05, 3.63) is 59.4 Å². The maximum Gasteiger partial charge on any atom is 0.219 e. The molecule has 1 aliphatic carbocycles. The van der Waals surface area contributed by atoms with Gasteiger partial charge in [-0.25, -0.2) is 0 Å². The Labute approximate surface area is 156 Å². The molecule has 0 spiro atoms. The summed E-state index contributed by atoms with van der Waals surface area (Å²) >= 11 is 0. The highest BCUT2D eigenvalue weighted by Crippen LogP contribution is 2.31. The van der Waals surface area contributed by atoms with Gasteiger partial charge < -0.3 is 9.80 Å². The van der Waals surface area contributed by atoms with E-state index in [1.54, 1.807) is 6.92 Å². The second-order valence-electron chi connectivity index (χ2n) is 6.94. The largest absolute Gasteiger partial charge is 0.351 e. The van der Waals surface area contributed by atoms with E-state index in [1.807, 2.05) is 29.6 Å². The molecule has 1 aliphatic heterocycles. The topological polar surface area (TPSA) is 41.4 Å². The van der Waals surface area contributed by atoms with Gasteiger partial charge in [-0.05, 0) is 24.5 Å². The number of rotatable bonds is 4. The van der Waals surface area contributed by atoms with Crippen molar-refractivity contribution < 1.29 is 4.79 Å². The highest BCUT2D eigenvalue weighted by Gasteiger charge is 2.28. The molecule has 0 saturated carbocycles. The molecule has 1 aromatic heterocycles. The van der Waals surface area contributed by atoms with Crippen LogP contribution in [0.25, 0.3) is 0 Å². The summed E-state index contributed by atoms with van der Waals surface area (Å²) in [6.45, 7) is 8.97. The third kappa shape index (κ3) is 3.26. The number of allylic oxidation sites excluding steroid dienone is 5. The summed E-state index contributed by atoms with van der Waals surface area (Å²) in [5.74, 6) is 1.11. The van der Waals surface area contributed by atoms with Gasteiger partial charge in [0.2, 0.25) is 5.91 Å². The van der Waals surface area contributed by atoms with Gasteiger partial charge in [0.15, 0.2) is 5.82 Å². The van der Waals surface area contributed by atoms with E-state index in [0.717, 1.165) is 30.8 Å². The number of hydrogen-bond donors (Lipinski definition) is 0. The van der Waals surface area contributed by atoms with E-state index in [4.69, 9.17) is 5.10 Å². The highest BCUT2D eigenvalue weighted by molar-refractivity contribution is 5.74. The van der Waals surface area contributed by atoms with E-state index in [0.29, 0.717) is 6.54 Å². The van der Waals surface area contributed by atoms with Gasteiger partial charge in [0.05, 0.1) is 12.6 Å². The van der Waals surface area contributed by atoms with Crippen LogP contribution in [0.3, 0.4) is 0 Å². The van der Waals surface area contributed by atoms with E-state index >= 15 is 0 Å². The molecule has 0 N–H and O–H groups in total. The van der Waals surface area contributed by atoms with Crippen molar-refractivity contribution in [2.24, 2.45) is 7.05 Å². The second kappa shape index (κ2) is 7.36. The fraction of sp³-hybridized carbons (Fsp3) is 0.429. The minimum atomic E-state index is 0.126. The summed E-state index contributed by atoms with van der Waals surface area (Å²) in [5, 5.41) is 4.77. The summed E-state index contributed by atoms with van der Waals surface area (Å²) in [4.78, 5) is 15.9. The zero-order valence-electron chi connectivity index (χ0n) is 16.2. The van der Waals surface area contributed by atoms with Gasteiger partial charge in [-0.3, -0.25) is 9.48 Å². The van der Waals surface area contributed by atoms with Gasteiger partial charge in [0.25, 0.3) is 0 Å². The molecule has 0 radical (unpaired) electrons. The van der Waals surface area contributed by atoms with Crippen LogP contribution in [-0.2, 0) is 24.8 Å². The maximum absolute atomic E-state index is 11.8. The lowest BCUT2D eigenvalue weighted by atomic mass is 9.96. The monoisotopic (exact) mass is 352 g/mol. The van der Waals surface area contributed by atoms with Crippen LogP contribution >= 0.6 is 0 Å². The summed E-state index contributed by atoms with van der Waals surface area (Å²) in [6.07, 6.45) is 12.4. The molecule has 2 heterocycles. The second-order valence-corrected chi connectivity index (χ2v) is 6.94. The van der Waals surface area contributed by atoms with E-state index in [-0.39, 0.29) is 11.9 Å². The molecular weight excluding hydrogens is 324 g/mol. The van der Waals surface area contributed by atoms with E-state index in [2.05, 4.69) is 42.8 Å². The smallest absolute Gasteiger partial charge is 0.219 e. The lowest BCUT2D eigenvalue weighted by Gasteiger charge is -2.31. The quantitative estimate of drug-likeness (QED) is 0.782. The Bertz CT molecular complexity index is 812. The minimum Gasteiger partial charge on any atom is -0.351 e. The Kier molecular flexibility index (Phi) is 5.16. The van der Waals surface area contributed by atoms with Crippen molar-refractivity contribution in [3.63, 3.8) is 0 Å². The van der Waals surface area contributed by atoms with Gasteiger partial charge in [-0.1, -0.05) is 37.0 Å². The van der Waals surface area contributed by atoms with Crippen LogP contribution in [0.5, 0.6) is 0 Å². The SMILES string of the molecule is C=C/C(=C\C)C1=CCC(N(C)c2nn(C)c3c2CN(C(C)=O)CC3)C=C1. The van der Waals surface area contributed by atoms with Gasteiger partial charge in [-0.2, -0.15) is 5.10 Å². The number of aromatic nitrogens is 2. The molecule has 138 valence electrons. The lowest BCUT2D eigenvalue weighted by molar-refractivity contribution is -0.129. The van der Waals surface area contributed by atoms with E-state index < -0.39 is 0 Å². The van der Waals surface area contributed by atoms with Crippen LogP contribution in [0.1, 0.15) is 31.5 Å². The summed E-state index contributed by atoms with van der Waals surface area (Å²) in [6, 6.07) is 0.258. The van der Waals surface area contributed by atoms with Crippen molar-refractivity contribution in [2.45, 2.75) is 39.3 Å². The standard InChI is InChI=1S/C21H28N4O/c1-6-16(7-2)17-8-10-18(11-9-17)23(4)21-19-14-25(15(3)26)13-12-20(19)24(5)22-21/h6-10,18H,1,11-14H2,2-5H3/b16-7+. The van der Waals surface area contributed by atoms with Crippen LogP contribution in [0, 0.1) is 0 Å². The summed E-state index contributed by atoms with van der Waals surface area (Å²) in [7, 11) is 4.09. The first-order valence-electron chi connectivity index (χ1n) is 9.16. The van der Waals surface area contributed by atoms with E-state index in [1.165, 1.54) is 16.8 Å². The van der Waals surface area contributed by atoms with Crippen LogP contribution in [0.15, 0.2) is 48.1 Å². The molecule has 1 amide bonds. The van der Waals surface area contributed by atoms with Crippen molar-refractivity contribution >= 4 is 11.7 Å². The summed E-state index contributed by atoms with van der Waals surface area (Å²) < 4.78 is 1.97.